The third-order valence-electron chi connectivity index (χ3n) is 3.47. The summed E-state index contributed by atoms with van der Waals surface area (Å²) >= 11 is 3.62. The Balaban J connectivity index is 2.99. The predicted molar refractivity (Wildman–Crippen MR) is 85.7 cm³/mol. The molecule has 0 bridgehead atoms. The smallest absolute Gasteiger partial charge is 0.0637 e. The first-order valence-corrected chi connectivity index (χ1v) is 7.61. The molecule has 0 aliphatic heterocycles. The summed E-state index contributed by atoms with van der Waals surface area (Å²) in [6, 6.07) is 6.93. The largest absolute Gasteiger partial charge is 0.383 e. The second-order valence-corrected chi connectivity index (χ2v) is 5.79. The highest BCUT2D eigenvalue weighted by Gasteiger charge is 2.14. The number of rotatable bonds is 7. The standard InChI is InChI=1S/C15H25BrN2O/c1-5-11(2)18(8-9-19-4)13-6-7-14(12(3)17)15(16)10-13/h6-7,10-12H,5,8-9,17H2,1-4H3/t11?,12-/m0/s1. The highest BCUT2D eigenvalue weighted by atomic mass is 79.9. The van der Waals surface area contributed by atoms with Gasteiger partial charge < -0.3 is 15.4 Å². The van der Waals surface area contributed by atoms with Crippen LogP contribution >= 0.6 is 15.9 Å². The van der Waals surface area contributed by atoms with E-state index in [1.54, 1.807) is 7.11 Å². The Morgan fingerprint density at radius 2 is 2.05 bits per heavy atom. The summed E-state index contributed by atoms with van der Waals surface area (Å²) in [5.74, 6) is 0. The number of ether oxygens (including phenoxy) is 1. The van der Waals surface area contributed by atoms with Crippen molar-refractivity contribution in [1.82, 2.24) is 0 Å². The lowest BCUT2D eigenvalue weighted by Gasteiger charge is -2.31. The Morgan fingerprint density at radius 3 is 2.53 bits per heavy atom. The van der Waals surface area contributed by atoms with Crippen LogP contribution < -0.4 is 10.6 Å². The van der Waals surface area contributed by atoms with E-state index in [2.05, 4.69) is 52.9 Å². The van der Waals surface area contributed by atoms with Crippen molar-refractivity contribution in [2.45, 2.75) is 39.3 Å². The average molecular weight is 329 g/mol. The average Bonchev–Trinajstić information content (AvgIpc) is 2.38. The Bertz CT molecular complexity index is 396. The van der Waals surface area contributed by atoms with E-state index >= 15 is 0 Å². The van der Waals surface area contributed by atoms with Crippen molar-refractivity contribution in [3.8, 4) is 0 Å². The van der Waals surface area contributed by atoms with Gasteiger partial charge in [-0.15, -0.1) is 0 Å². The van der Waals surface area contributed by atoms with Gasteiger partial charge in [-0.25, -0.2) is 0 Å². The molecule has 2 atom stereocenters. The van der Waals surface area contributed by atoms with E-state index in [-0.39, 0.29) is 6.04 Å². The molecule has 0 aliphatic carbocycles. The number of anilines is 1. The maximum Gasteiger partial charge on any atom is 0.0637 e. The fourth-order valence-electron chi connectivity index (χ4n) is 2.08. The molecule has 0 saturated heterocycles. The van der Waals surface area contributed by atoms with Crippen LogP contribution in [0, 0.1) is 0 Å². The Morgan fingerprint density at radius 1 is 1.37 bits per heavy atom. The summed E-state index contributed by atoms with van der Waals surface area (Å²) in [5, 5.41) is 0. The first-order chi connectivity index (χ1) is 9.01. The van der Waals surface area contributed by atoms with E-state index in [4.69, 9.17) is 10.5 Å². The molecule has 108 valence electrons. The van der Waals surface area contributed by atoms with Crippen LogP contribution in [-0.4, -0.2) is 26.3 Å². The molecule has 1 aromatic carbocycles. The van der Waals surface area contributed by atoms with Gasteiger partial charge in [0.2, 0.25) is 0 Å². The SMILES string of the molecule is CCC(C)N(CCOC)c1ccc([C@H](C)N)c(Br)c1. The summed E-state index contributed by atoms with van der Waals surface area (Å²) in [7, 11) is 1.74. The molecule has 0 saturated carbocycles. The molecular formula is C15H25BrN2O. The van der Waals surface area contributed by atoms with Crippen LogP contribution in [0.3, 0.4) is 0 Å². The van der Waals surface area contributed by atoms with Crippen LogP contribution in [0.2, 0.25) is 0 Å². The van der Waals surface area contributed by atoms with Crippen molar-refractivity contribution in [3.63, 3.8) is 0 Å². The first kappa shape index (κ1) is 16.5. The topological polar surface area (TPSA) is 38.5 Å². The van der Waals surface area contributed by atoms with E-state index in [1.807, 2.05) is 6.92 Å². The van der Waals surface area contributed by atoms with Crippen molar-refractivity contribution in [3.05, 3.63) is 28.2 Å². The fraction of sp³-hybridized carbons (Fsp3) is 0.600. The van der Waals surface area contributed by atoms with E-state index in [1.165, 1.54) is 5.69 Å². The molecule has 0 aliphatic rings. The Hall–Kier alpha value is -0.580. The number of nitrogens with zero attached hydrogens (tertiary/aromatic N) is 1. The second kappa shape index (κ2) is 7.88. The van der Waals surface area contributed by atoms with Gasteiger partial charge in [0.15, 0.2) is 0 Å². The third-order valence-corrected chi connectivity index (χ3v) is 4.15. The summed E-state index contributed by atoms with van der Waals surface area (Å²) in [6.45, 7) is 8.07. The molecule has 0 aromatic heterocycles. The highest BCUT2D eigenvalue weighted by Crippen LogP contribution is 2.28. The van der Waals surface area contributed by atoms with Gasteiger partial charge >= 0.3 is 0 Å². The van der Waals surface area contributed by atoms with Crippen LogP contribution in [0.4, 0.5) is 5.69 Å². The first-order valence-electron chi connectivity index (χ1n) is 6.81. The number of halogens is 1. The van der Waals surface area contributed by atoms with Crippen molar-refractivity contribution in [2.75, 3.05) is 25.2 Å². The van der Waals surface area contributed by atoms with Crippen LogP contribution in [0.15, 0.2) is 22.7 Å². The lowest BCUT2D eigenvalue weighted by Crippen LogP contribution is -2.35. The number of benzene rings is 1. The fourth-order valence-corrected chi connectivity index (χ4v) is 2.81. The van der Waals surface area contributed by atoms with E-state index in [0.29, 0.717) is 6.04 Å². The normalized spacial score (nSPS) is 14.2. The third kappa shape index (κ3) is 4.48. The molecule has 1 unspecified atom stereocenters. The minimum absolute atomic E-state index is 0.0412. The van der Waals surface area contributed by atoms with Crippen molar-refractivity contribution in [2.24, 2.45) is 5.73 Å². The molecule has 2 N–H and O–H groups in total. The summed E-state index contributed by atoms with van der Waals surface area (Å²) in [6.07, 6.45) is 1.11. The Kier molecular flexibility index (Phi) is 6.83. The van der Waals surface area contributed by atoms with Crippen LogP contribution in [0.5, 0.6) is 0 Å². The van der Waals surface area contributed by atoms with Crippen molar-refractivity contribution >= 4 is 21.6 Å². The summed E-state index contributed by atoms with van der Waals surface area (Å²) in [5.41, 5.74) is 8.29. The van der Waals surface area contributed by atoms with Gasteiger partial charge in [0.25, 0.3) is 0 Å². The summed E-state index contributed by atoms with van der Waals surface area (Å²) in [4.78, 5) is 2.37. The molecule has 0 fully saturated rings. The molecule has 0 amide bonds. The van der Waals surface area contributed by atoms with E-state index in [9.17, 15) is 0 Å². The van der Waals surface area contributed by atoms with Crippen molar-refractivity contribution in [1.29, 1.82) is 0 Å². The van der Waals surface area contributed by atoms with Crippen molar-refractivity contribution < 1.29 is 4.74 Å². The maximum atomic E-state index is 5.94. The quantitative estimate of drug-likeness (QED) is 0.829. The van der Waals surface area contributed by atoms with Gasteiger partial charge in [-0.05, 0) is 38.0 Å². The van der Waals surface area contributed by atoms with Gasteiger partial charge in [-0.3, -0.25) is 0 Å². The molecule has 0 heterocycles. The summed E-state index contributed by atoms with van der Waals surface area (Å²) < 4.78 is 6.28. The lowest BCUT2D eigenvalue weighted by atomic mass is 10.1. The minimum Gasteiger partial charge on any atom is -0.383 e. The molecule has 19 heavy (non-hydrogen) atoms. The molecule has 3 nitrogen and oxygen atoms in total. The number of hydrogen-bond acceptors (Lipinski definition) is 3. The van der Waals surface area contributed by atoms with E-state index < -0.39 is 0 Å². The number of nitrogens with two attached hydrogens (primary N) is 1. The number of hydrogen-bond donors (Lipinski definition) is 1. The zero-order chi connectivity index (χ0) is 14.4. The molecule has 1 rings (SSSR count). The number of methoxy groups -OCH3 is 1. The predicted octanol–water partition coefficient (Wildman–Crippen LogP) is 3.72. The second-order valence-electron chi connectivity index (χ2n) is 4.94. The zero-order valence-electron chi connectivity index (χ0n) is 12.3. The highest BCUT2D eigenvalue weighted by molar-refractivity contribution is 9.10. The van der Waals surface area contributed by atoms with Gasteiger partial charge in [-0.1, -0.05) is 28.9 Å². The molecular weight excluding hydrogens is 304 g/mol. The minimum atomic E-state index is 0.0412. The van der Waals surface area contributed by atoms with E-state index in [0.717, 1.165) is 29.6 Å². The van der Waals surface area contributed by atoms with Crippen LogP contribution in [0.25, 0.3) is 0 Å². The molecule has 1 aromatic rings. The Labute approximate surface area is 125 Å². The van der Waals surface area contributed by atoms with Gasteiger partial charge in [0.1, 0.15) is 0 Å². The van der Waals surface area contributed by atoms with Gasteiger partial charge in [0.05, 0.1) is 6.61 Å². The lowest BCUT2D eigenvalue weighted by molar-refractivity contribution is 0.203. The molecule has 0 radical (unpaired) electrons. The van der Waals surface area contributed by atoms with Crippen LogP contribution in [0.1, 0.15) is 38.8 Å². The van der Waals surface area contributed by atoms with Gasteiger partial charge in [0, 0.05) is 35.9 Å². The van der Waals surface area contributed by atoms with Gasteiger partial charge in [-0.2, -0.15) is 0 Å². The molecule has 0 spiro atoms. The maximum absolute atomic E-state index is 5.94. The monoisotopic (exact) mass is 328 g/mol. The zero-order valence-corrected chi connectivity index (χ0v) is 13.9. The molecule has 4 heteroatoms. The van der Waals surface area contributed by atoms with Crippen LogP contribution in [-0.2, 0) is 4.74 Å².